The number of pyridine rings is 1. The van der Waals surface area contributed by atoms with Gasteiger partial charge in [-0.1, -0.05) is 6.07 Å². The number of hydrogen-bond acceptors (Lipinski definition) is 4. The number of carboxylic acid groups (broad SMARTS) is 1. The summed E-state index contributed by atoms with van der Waals surface area (Å²) < 4.78 is 1.06. The lowest BCUT2D eigenvalue weighted by molar-refractivity contribution is 0.0690. The number of aromatic nitrogens is 1. The summed E-state index contributed by atoms with van der Waals surface area (Å²) in [5.74, 6) is -0.358. The normalized spacial score (nSPS) is 10.3. The molecule has 0 aromatic carbocycles. The van der Waals surface area contributed by atoms with Crippen LogP contribution in [0, 0.1) is 0 Å². The number of nitrogens with zero attached hydrogens (tertiary/aromatic N) is 2. The molecule has 0 atom stereocenters. The minimum atomic E-state index is -1.01. The van der Waals surface area contributed by atoms with Gasteiger partial charge in [-0.05, 0) is 34.1 Å². The Bertz CT molecular complexity index is 571. The predicted octanol–water partition coefficient (Wildman–Crippen LogP) is 3.24. The molecule has 2 aromatic rings. The zero-order chi connectivity index (χ0) is 13.1. The first-order valence-corrected chi connectivity index (χ1v) is 6.88. The Labute approximate surface area is 117 Å². The van der Waals surface area contributed by atoms with Gasteiger partial charge in [-0.2, -0.15) is 0 Å². The molecule has 0 fully saturated rings. The number of aromatic carboxylic acids is 1. The highest BCUT2D eigenvalue weighted by molar-refractivity contribution is 9.10. The Morgan fingerprint density at radius 3 is 2.94 bits per heavy atom. The first-order valence-electron chi connectivity index (χ1n) is 5.20. The summed E-state index contributed by atoms with van der Waals surface area (Å²) >= 11 is 5.06. The van der Waals surface area contributed by atoms with Gasteiger partial charge in [0, 0.05) is 21.8 Å². The zero-order valence-corrected chi connectivity index (χ0v) is 12.0. The molecule has 94 valence electrons. The Morgan fingerprint density at radius 1 is 1.56 bits per heavy atom. The van der Waals surface area contributed by atoms with Gasteiger partial charge in [0.1, 0.15) is 5.82 Å². The van der Waals surface area contributed by atoms with Crippen LogP contribution in [-0.2, 0) is 6.54 Å². The van der Waals surface area contributed by atoms with Crippen LogP contribution < -0.4 is 4.90 Å². The number of carboxylic acids is 1. The summed E-state index contributed by atoms with van der Waals surface area (Å²) in [5.41, 5.74) is 0.0618. The third-order valence-electron chi connectivity index (χ3n) is 2.36. The van der Waals surface area contributed by atoms with E-state index in [9.17, 15) is 4.79 Å². The average Bonchev–Trinajstić information content (AvgIpc) is 2.75. The number of hydrogen-bond donors (Lipinski definition) is 1. The molecule has 0 aliphatic rings. The van der Waals surface area contributed by atoms with Crippen molar-refractivity contribution in [3.8, 4) is 0 Å². The molecule has 1 N–H and O–H groups in total. The van der Waals surface area contributed by atoms with Gasteiger partial charge in [-0.15, -0.1) is 11.3 Å². The van der Waals surface area contributed by atoms with Gasteiger partial charge in [0.25, 0.3) is 0 Å². The third-order valence-corrected chi connectivity index (χ3v) is 4.04. The van der Waals surface area contributed by atoms with Crippen molar-refractivity contribution in [1.29, 1.82) is 0 Å². The van der Waals surface area contributed by atoms with Crippen LogP contribution in [0.2, 0.25) is 0 Å². The SMILES string of the molecule is CN(Cc1cc(Br)cs1)c1cccc(C(=O)O)n1. The summed E-state index contributed by atoms with van der Waals surface area (Å²) in [7, 11) is 1.89. The van der Waals surface area contributed by atoms with Crippen molar-refractivity contribution in [2.24, 2.45) is 0 Å². The van der Waals surface area contributed by atoms with Gasteiger partial charge in [0.15, 0.2) is 5.69 Å². The van der Waals surface area contributed by atoms with Gasteiger partial charge in [0.2, 0.25) is 0 Å². The van der Waals surface area contributed by atoms with E-state index in [0.717, 1.165) is 4.47 Å². The number of carbonyl (C=O) groups is 1. The van der Waals surface area contributed by atoms with Crippen molar-refractivity contribution in [3.05, 3.63) is 44.7 Å². The van der Waals surface area contributed by atoms with Gasteiger partial charge in [0.05, 0.1) is 6.54 Å². The maximum absolute atomic E-state index is 10.9. The second-order valence-electron chi connectivity index (χ2n) is 3.77. The molecule has 0 unspecified atom stereocenters. The van der Waals surface area contributed by atoms with E-state index in [0.29, 0.717) is 12.4 Å². The second kappa shape index (κ2) is 5.49. The van der Waals surface area contributed by atoms with Crippen molar-refractivity contribution < 1.29 is 9.90 Å². The van der Waals surface area contributed by atoms with Crippen LogP contribution in [0.3, 0.4) is 0 Å². The predicted molar refractivity (Wildman–Crippen MR) is 75.3 cm³/mol. The zero-order valence-electron chi connectivity index (χ0n) is 9.63. The van der Waals surface area contributed by atoms with Crippen molar-refractivity contribution in [2.45, 2.75) is 6.54 Å². The van der Waals surface area contributed by atoms with E-state index < -0.39 is 5.97 Å². The van der Waals surface area contributed by atoms with Gasteiger partial charge < -0.3 is 10.0 Å². The standard InChI is InChI=1S/C12H11BrN2O2S/c1-15(6-9-5-8(13)7-18-9)11-4-2-3-10(14-11)12(16)17/h2-5,7H,6H2,1H3,(H,16,17). The molecular weight excluding hydrogens is 316 g/mol. The summed E-state index contributed by atoms with van der Waals surface area (Å²) in [4.78, 5) is 18.1. The molecule has 18 heavy (non-hydrogen) atoms. The first-order chi connectivity index (χ1) is 8.56. The monoisotopic (exact) mass is 326 g/mol. The fourth-order valence-electron chi connectivity index (χ4n) is 1.51. The van der Waals surface area contributed by atoms with Crippen LogP contribution in [0.15, 0.2) is 34.1 Å². The average molecular weight is 327 g/mol. The molecule has 0 saturated heterocycles. The molecule has 6 heteroatoms. The van der Waals surface area contributed by atoms with Gasteiger partial charge >= 0.3 is 5.97 Å². The highest BCUT2D eigenvalue weighted by atomic mass is 79.9. The van der Waals surface area contributed by atoms with E-state index in [1.807, 2.05) is 23.4 Å². The summed E-state index contributed by atoms with van der Waals surface area (Å²) in [6.45, 7) is 0.701. The fourth-order valence-corrected chi connectivity index (χ4v) is 3.01. The molecule has 0 amide bonds. The Balaban J connectivity index is 2.15. The van der Waals surface area contributed by atoms with Gasteiger partial charge in [-0.25, -0.2) is 9.78 Å². The third kappa shape index (κ3) is 3.08. The fraction of sp³-hybridized carbons (Fsp3) is 0.167. The Kier molecular flexibility index (Phi) is 3.98. The van der Waals surface area contributed by atoms with Crippen LogP contribution in [0.1, 0.15) is 15.4 Å². The maximum Gasteiger partial charge on any atom is 0.354 e. The van der Waals surface area contributed by atoms with Crippen LogP contribution in [0.4, 0.5) is 5.82 Å². The maximum atomic E-state index is 10.9. The number of anilines is 1. The minimum absolute atomic E-state index is 0.0618. The lowest BCUT2D eigenvalue weighted by Gasteiger charge is -2.17. The number of rotatable bonds is 4. The van der Waals surface area contributed by atoms with Crippen LogP contribution >= 0.6 is 27.3 Å². The van der Waals surface area contributed by atoms with Crippen molar-refractivity contribution in [3.63, 3.8) is 0 Å². The smallest absolute Gasteiger partial charge is 0.354 e. The van der Waals surface area contributed by atoms with Crippen molar-refractivity contribution >= 4 is 39.1 Å². The Morgan fingerprint density at radius 2 is 2.33 bits per heavy atom. The molecule has 0 spiro atoms. The van der Waals surface area contributed by atoms with Gasteiger partial charge in [-0.3, -0.25) is 0 Å². The summed E-state index contributed by atoms with van der Waals surface area (Å²) in [6.07, 6.45) is 0. The summed E-state index contributed by atoms with van der Waals surface area (Å²) in [6, 6.07) is 7.03. The largest absolute Gasteiger partial charge is 0.477 e. The van der Waals surface area contributed by atoms with E-state index in [-0.39, 0.29) is 5.69 Å². The van der Waals surface area contributed by atoms with E-state index in [2.05, 4.69) is 20.9 Å². The van der Waals surface area contributed by atoms with E-state index in [4.69, 9.17) is 5.11 Å². The highest BCUT2D eigenvalue weighted by Gasteiger charge is 2.09. The topological polar surface area (TPSA) is 53.4 Å². The van der Waals surface area contributed by atoms with E-state index in [1.54, 1.807) is 23.5 Å². The lowest BCUT2D eigenvalue weighted by Crippen LogP contribution is -2.18. The molecule has 0 aliphatic carbocycles. The van der Waals surface area contributed by atoms with Crippen LogP contribution in [0.5, 0.6) is 0 Å². The van der Waals surface area contributed by atoms with Crippen molar-refractivity contribution in [2.75, 3.05) is 11.9 Å². The molecular formula is C12H11BrN2O2S. The first kappa shape index (κ1) is 13.0. The lowest BCUT2D eigenvalue weighted by atomic mass is 10.3. The van der Waals surface area contributed by atoms with Crippen LogP contribution in [0.25, 0.3) is 0 Å². The number of halogens is 1. The molecule has 0 aliphatic heterocycles. The molecule has 2 heterocycles. The molecule has 4 nitrogen and oxygen atoms in total. The summed E-state index contributed by atoms with van der Waals surface area (Å²) in [5, 5.41) is 10.9. The van der Waals surface area contributed by atoms with E-state index >= 15 is 0 Å². The minimum Gasteiger partial charge on any atom is -0.477 e. The number of thiophene rings is 1. The van der Waals surface area contributed by atoms with Crippen LogP contribution in [-0.4, -0.2) is 23.1 Å². The van der Waals surface area contributed by atoms with E-state index in [1.165, 1.54) is 10.9 Å². The highest BCUT2D eigenvalue weighted by Crippen LogP contribution is 2.22. The Hall–Kier alpha value is -1.40. The second-order valence-corrected chi connectivity index (χ2v) is 5.68. The van der Waals surface area contributed by atoms with Crippen molar-refractivity contribution in [1.82, 2.24) is 4.98 Å². The molecule has 2 rings (SSSR count). The molecule has 0 radical (unpaired) electrons. The molecule has 0 bridgehead atoms. The molecule has 0 saturated carbocycles. The molecule has 2 aromatic heterocycles. The quantitative estimate of drug-likeness (QED) is 0.937.